The van der Waals surface area contributed by atoms with Crippen LogP contribution < -0.4 is 14.8 Å². The summed E-state index contributed by atoms with van der Waals surface area (Å²) in [5.74, 6) is 1.36. The fourth-order valence-corrected chi connectivity index (χ4v) is 4.37. The van der Waals surface area contributed by atoms with E-state index < -0.39 is 0 Å². The molecule has 180 valence electrons. The molecule has 7 heteroatoms. The Kier molecular flexibility index (Phi) is 7.55. The number of hydrogen-bond acceptors (Lipinski definition) is 6. The lowest BCUT2D eigenvalue weighted by Gasteiger charge is -2.26. The van der Waals surface area contributed by atoms with Gasteiger partial charge in [0.25, 0.3) is 0 Å². The van der Waals surface area contributed by atoms with Crippen molar-refractivity contribution >= 4 is 22.4 Å². The van der Waals surface area contributed by atoms with E-state index >= 15 is 0 Å². The van der Waals surface area contributed by atoms with Gasteiger partial charge < -0.3 is 23.9 Å². The van der Waals surface area contributed by atoms with Crippen LogP contribution in [0.5, 0.6) is 11.5 Å². The number of morpholine rings is 1. The van der Waals surface area contributed by atoms with Crippen molar-refractivity contribution in [3.63, 3.8) is 0 Å². The average Bonchev–Trinajstić information content (AvgIpc) is 3.29. The molecule has 2 aromatic carbocycles. The van der Waals surface area contributed by atoms with Crippen molar-refractivity contribution in [3.8, 4) is 22.6 Å². The van der Waals surface area contributed by atoms with Gasteiger partial charge in [0.05, 0.1) is 33.7 Å². The largest absolute Gasteiger partial charge is 0.497 e. The third-order valence-electron chi connectivity index (χ3n) is 6.23. The Morgan fingerprint density at radius 2 is 1.97 bits per heavy atom. The molecule has 7 nitrogen and oxygen atoms in total. The number of ether oxygens (including phenoxy) is 3. The zero-order valence-corrected chi connectivity index (χ0v) is 20.3. The number of allylic oxidation sites excluding steroid dienone is 1. The Hall–Kier alpha value is -3.29. The van der Waals surface area contributed by atoms with Crippen molar-refractivity contribution in [2.24, 2.45) is 0 Å². The molecule has 2 heterocycles. The molecule has 1 N–H and O–H groups in total. The predicted octanol–water partition coefficient (Wildman–Crippen LogP) is 4.28. The summed E-state index contributed by atoms with van der Waals surface area (Å²) in [5, 5.41) is 3.95. The van der Waals surface area contributed by atoms with Gasteiger partial charge >= 0.3 is 0 Å². The first-order valence-electron chi connectivity index (χ1n) is 11.5. The summed E-state index contributed by atoms with van der Waals surface area (Å²) in [4.78, 5) is 14.9. The minimum atomic E-state index is -0.120. The maximum Gasteiger partial charge on any atom is 0.244 e. The molecule has 0 aliphatic carbocycles. The molecule has 1 saturated heterocycles. The van der Waals surface area contributed by atoms with E-state index in [2.05, 4.69) is 10.2 Å². The lowest BCUT2D eigenvalue weighted by molar-refractivity contribution is -0.116. The molecule has 0 bridgehead atoms. The van der Waals surface area contributed by atoms with Crippen LogP contribution in [0.15, 0.2) is 47.1 Å². The van der Waals surface area contributed by atoms with Gasteiger partial charge in [0.15, 0.2) is 0 Å². The summed E-state index contributed by atoms with van der Waals surface area (Å²) in [6, 6.07) is 9.91. The number of rotatable bonds is 8. The minimum absolute atomic E-state index is 0.120. The number of nitrogens with zero attached hydrogens (tertiary/aromatic N) is 1. The topological polar surface area (TPSA) is 73.2 Å². The van der Waals surface area contributed by atoms with Gasteiger partial charge in [0, 0.05) is 54.3 Å². The number of furan rings is 1. The maximum atomic E-state index is 12.6. The van der Waals surface area contributed by atoms with Crippen molar-refractivity contribution < 1.29 is 23.4 Å². The van der Waals surface area contributed by atoms with Crippen LogP contribution >= 0.6 is 0 Å². The highest BCUT2D eigenvalue weighted by Gasteiger charge is 2.19. The summed E-state index contributed by atoms with van der Waals surface area (Å²) < 4.78 is 22.4. The smallest absolute Gasteiger partial charge is 0.244 e. The lowest BCUT2D eigenvalue weighted by Crippen LogP contribution is -2.41. The summed E-state index contributed by atoms with van der Waals surface area (Å²) in [7, 11) is 3.29. The van der Waals surface area contributed by atoms with Gasteiger partial charge in [-0.15, -0.1) is 0 Å². The molecule has 0 radical (unpaired) electrons. The molecule has 1 fully saturated rings. The molecule has 1 aliphatic heterocycles. The molecule has 0 saturated carbocycles. The Morgan fingerprint density at radius 1 is 1.18 bits per heavy atom. The lowest BCUT2D eigenvalue weighted by atomic mass is 9.96. The Morgan fingerprint density at radius 3 is 2.71 bits per heavy atom. The van der Waals surface area contributed by atoms with Crippen LogP contribution in [0.1, 0.15) is 18.1 Å². The molecule has 0 spiro atoms. The Bertz CT molecular complexity index is 1190. The van der Waals surface area contributed by atoms with Gasteiger partial charge in [-0.05, 0) is 43.2 Å². The highest BCUT2D eigenvalue weighted by molar-refractivity contribution is 6.01. The van der Waals surface area contributed by atoms with Crippen molar-refractivity contribution in [1.29, 1.82) is 0 Å². The fraction of sp³-hybridized carbons (Fsp3) is 0.370. The summed E-state index contributed by atoms with van der Waals surface area (Å²) in [5.41, 5.74) is 5.30. The van der Waals surface area contributed by atoms with E-state index in [4.69, 9.17) is 18.6 Å². The van der Waals surface area contributed by atoms with Gasteiger partial charge in [0.1, 0.15) is 17.1 Å². The first kappa shape index (κ1) is 23.9. The summed E-state index contributed by atoms with van der Waals surface area (Å²) >= 11 is 0. The predicted molar refractivity (Wildman–Crippen MR) is 133 cm³/mol. The normalized spacial score (nSPS) is 14.9. The number of aryl methyl sites for hydroxylation is 1. The highest BCUT2D eigenvalue weighted by Crippen LogP contribution is 2.41. The first-order chi connectivity index (χ1) is 16.5. The number of benzene rings is 2. The van der Waals surface area contributed by atoms with E-state index in [-0.39, 0.29) is 5.91 Å². The zero-order chi connectivity index (χ0) is 24.1. The quantitative estimate of drug-likeness (QED) is 0.502. The van der Waals surface area contributed by atoms with E-state index in [1.807, 2.05) is 44.2 Å². The van der Waals surface area contributed by atoms with E-state index in [1.165, 1.54) is 0 Å². The van der Waals surface area contributed by atoms with Crippen molar-refractivity contribution in [1.82, 2.24) is 10.2 Å². The van der Waals surface area contributed by atoms with E-state index in [0.29, 0.717) is 12.3 Å². The standard InChI is InChI=1S/C27H32N2O5/c1-18(14-25(30)28-8-9-29-10-12-33-13-11-29)22-16-23-24(20-6-5-7-21(15-20)31-3)17-34-27(23)19(2)26(22)32-4/h5-7,14-17H,8-13H2,1-4H3,(H,28,30)/b18-14+. The van der Waals surface area contributed by atoms with E-state index in [0.717, 1.165) is 77.4 Å². The van der Waals surface area contributed by atoms with Crippen LogP contribution in [0.3, 0.4) is 0 Å². The first-order valence-corrected chi connectivity index (χ1v) is 11.5. The van der Waals surface area contributed by atoms with Crippen LogP contribution in [0.25, 0.3) is 27.7 Å². The fourth-order valence-electron chi connectivity index (χ4n) is 4.37. The number of nitrogens with one attached hydrogen (secondary N) is 1. The van der Waals surface area contributed by atoms with Gasteiger partial charge in [0.2, 0.25) is 5.91 Å². The molecular weight excluding hydrogens is 432 g/mol. The second-order valence-electron chi connectivity index (χ2n) is 8.41. The zero-order valence-electron chi connectivity index (χ0n) is 20.3. The number of methoxy groups -OCH3 is 2. The molecule has 34 heavy (non-hydrogen) atoms. The summed E-state index contributed by atoms with van der Waals surface area (Å²) in [6.45, 7) is 8.62. The molecule has 1 aromatic heterocycles. The van der Waals surface area contributed by atoms with Crippen molar-refractivity contribution in [3.05, 3.63) is 53.8 Å². The number of carbonyl (C=O) groups is 1. The molecule has 1 aliphatic rings. The minimum Gasteiger partial charge on any atom is -0.497 e. The van der Waals surface area contributed by atoms with E-state index in [1.54, 1.807) is 26.6 Å². The third kappa shape index (κ3) is 5.11. The maximum absolute atomic E-state index is 12.6. The van der Waals surface area contributed by atoms with Crippen molar-refractivity contribution in [2.45, 2.75) is 13.8 Å². The van der Waals surface area contributed by atoms with Crippen LogP contribution in [-0.2, 0) is 9.53 Å². The molecule has 3 aromatic rings. The highest BCUT2D eigenvalue weighted by atomic mass is 16.5. The Balaban J connectivity index is 1.60. The van der Waals surface area contributed by atoms with Crippen LogP contribution in [-0.4, -0.2) is 64.4 Å². The van der Waals surface area contributed by atoms with Gasteiger partial charge in [-0.2, -0.15) is 0 Å². The van der Waals surface area contributed by atoms with Crippen LogP contribution in [0.4, 0.5) is 0 Å². The van der Waals surface area contributed by atoms with Gasteiger partial charge in [-0.1, -0.05) is 12.1 Å². The average molecular weight is 465 g/mol. The van der Waals surface area contributed by atoms with Crippen molar-refractivity contribution in [2.75, 3.05) is 53.6 Å². The van der Waals surface area contributed by atoms with Gasteiger partial charge in [-0.3, -0.25) is 9.69 Å². The monoisotopic (exact) mass is 464 g/mol. The summed E-state index contributed by atoms with van der Waals surface area (Å²) in [6.07, 6.45) is 3.39. The van der Waals surface area contributed by atoms with Crippen LogP contribution in [0, 0.1) is 6.92 Å². The second-order valence-corrected chi connectivity index (χ2v) is 8.41. The molecule has 0 unspecified atom stereocenters. The molecule has 1 amide bonds. The number of carbonyl (C=O) groups excluding carboxylic acids is 1. The number of hydrogen-bond donors (Lipinski definition) is 1. The SMILES string of the molecule is COc1cccc(-c2coc3c(C)c(OC)c(/C(C)=C/C(=O)NCCN4CCOCC4)cc23)c1. The number of fused-ring (bicyclic) bond motifs is 1. The number of amides is 1. The van der Waals surface area contributed by atoms with E-state index in [9.17, 15) is 4.79 Å². The van der Waals surface area contributed by atoms with Gasteiger partial charge in [-0.25, -0.2) is 0 Å². The second kappa shape index (κ2) is 10.8. The molecule has 0 atom stereocenters. The molecule has 4 rings (SSSR count). The Labute approximate surface area is 200 Å². The van der Waals surface area contributed by atoms with Crippen LogP contribution in [0.2, 0.25) is 0 Å². The third-order valence-corrected chi connectivity index (χ3v) is 6.23. The molecular formula is C27H32N2O5.